The van der Waals surface area contributed by atoms with Crippen LogP contribution < -0.4 is 4.74 Å². The van der Waals surface area contributed by atoms with E-state index < -0.39 is 5.97 Å². The zero-order chi connectivity index (χ0) is 15.1. The second-order valence-electron chi connectivity index (χ2n) is 4.75. The van der Waals surface area contributed by atoms with Gasteiger partial charge in [0.1, 0.15) is 17.9 Å². The number of aromatic nitrogens is 1. The molecule has 0 aliphatic heterocycles. The molecule has 0 atom stereocenters. The van der Waals surface area contributed by atoms with Crippen molar-refractivity contribution in [1.29, 1.82) is 0 Å². The third-order valence-electron chi connectivity index (χ3n) is 3.02. The third kappa shape index (κ3) is 4.57. The largest absolute Gasteiger partial charge is 0.491 e. The highest BCUT2D eigenvalue weighted by Crippen LogP contribution is 2.17. The van der Waals surface area contributed by atoms with Gasteiger partial charge in [-0.2, -0.15) is 0 Å². The van der Waals surface area contributed by atoms with Crippen LogP contribution in [0.25, 0.3) is 0 Å². The lowest BCUT2D eigenvalue weighted by Gasteiger charge is -2.17. The first-order chi connectivity index (χ1) is 10.2. The highest BCUT2D eigenvalue weighted by Gasteiger charge is 2.10. The van der Waals surface area contributed by atoms with E-state index in [4.69, 9.17) is 9.84 Å². The van der Waals surface area contributed by atoms with Crippen LogP contribution in [0.5, 0.6) is 5.75 Å². The van der Waals surface area contributed by atoms with Crippen LogP contribution >= 0.6 is 0 Å². The summed E-state index contributed by atoms with van der Waals surface area (Å²) in [5, 5.41) is 9.07. The van der Waals surface area contributed by atoms with E-state index in [0.29, 0.717) is 18.9 Å². The van der Waals surface area contributed by atoms with Gasteiger partial charge >= 0.3 is 5.97 Å². The molecule has 1 aromatic heterocycles. The molecule has 0 fully saturated rings. The minimum Gasteiger partial charge on any atom is -0.491 e. The first-order valence-electron chi connectivity index (χ1n) is 6.69. The fourth-order valence-corrected chi connectivity index (χ4v) is 1.96. The summed E-state index contributed by atoms with van der Waals surface area (Å²) in [5.74, 6) is -0.575. The molecule has 21 heavy (non-hydrogen) atoms. The molecule has 0 spiro atoms. The van der Waals surface area contributed by atoms with Crippen LogP contribution in [-0.2, 0) is 6.54 Å². The monoisotopic (exact) mass is 286 g/mol. The molecule has 5 heteroatoms. The van der Waals surface area contributed by atoms with Crippen LogP contribution in [0.15, 0.2) is 48.8 Å². The SMILES string of the molecule is CN(CCOc1ccccc1C(=O)O)Cc1cccnc1. The van der Waals surface area contributed by atoms with E-state index in [2.05, 4.69) is 9.88 Å². The minimum atomic E-state index is -0.977. The predicted octanol–water partition coefficient (Wildman–Crippen LogP) is 2.29. The second-order valence-corrected chi connectivity index (χ2v) is 4.75. The van der Waals surface area contributed by atoms with E-state index in [1.165, 1.54) is 6.07 Å². The lowest BCUT2D eigenvalue weighted by molar-refractivity contribution is 0.0691. The number of pyridine rings is 1. The number of aromatic carboxylic acids is 1. The number of carboxylic acid groups (broad SMARTS) is 1. The molecule has 1 aromatic carbocycles. The Morgan fingerprint density at radius 3 is 2.81 bits per heavy atom. The van der Waals surface area contributed by atoms with E-state index >= 15 is 0 Å². The number of hydrogen-bond donors (Lipinski definition) is 1. The molecule has 1 heterocycles. The summed E-state index contributed by atoms with van der Waals surface area (Å²) >= 11 is 0. The Balaban J connectivity index is 1.83. The van der Waals surface area contributed by atoms with Gasteiger partial charge in [0.25, 0.3) is 0 Å². The van der Waals surface area contributed by atoms with Gasteiger partial charge in [0.15, 0.2) is 0 Å². The summed E-state index contributed by atoms with van der Waals surface area (Å²) < 4.78 is 5.57. The Kier molecular flexibility index (Phi) is 5.29. The molecule has 0 bridgehead atoms. The summed E-state index contributed by atoms with van der Waals surface area (Å²) in [4.78, 5) is 17.2. The number of para-hydroxylation sites is 1. The maximum absolute atomic E-state index is 11.1. The van der Waals surface area contributed by atoms with Gasteiger partial charge in [0.2, 0.25) is 0 Å². The number of rotatable bonds is 7. The Hall–Kier alpha value is -2.40. The quantitative estimate of drug-likeness (QED) is 0.846. The maximum atomic E-state index is 11.1. The number of nitrogens with zero attached hydrogens (tertiary/aromatic N) is 2. The molecule has 110 valence electrons. The van der Waals surface area contributed by atoms with E-state index in [-0.39, 0.29) is 5.56 Å². The Morgan fingerprint density at radius 2 is 2.10 bits per heavy atom. The molecule has 0 radical (unpaired) electrons. The molecule has 0 saturated heterocycles. The molecule has 0 saturated carbocycles. The van der Waals surface area contributed by atoms with Crippen molar-refractivity contribution in [3.8, 4) is 5.75 Å². The van der Waals surface area contributed by atoms with Gasteiger partial charge in [-0.1, -0.05) is 18.2 Å². The van der Waals surface area contributed by atoms with Gasteiger partial charge in [-0.05, 0) is 30.8 Å². The van der Waals surface area contributed by atoms with Crippen molar-refractivity contribution in [2.75, 3.05) is 20.2 Å². The van der Waals surface area contributed by atoms with Gasteiger partial charge in [-0.3, -0.25) is 9.88 Å². The lowest BCUT2D eigenvalue weighted by atomic mass is 10.2. The lowest BCUT2D eigenvalue weighted by Crippen LogP contribution is -2.24. The summed E-state index contributed by atoms with van der Waals surface area (Å²) in [6.07, 6.45) is 3.58. The van der Waals surface area contributed by atoms with Crippen LogP contribution in [0, 0.1) is 0 Å². The van der Waals surface area contributed by atoms with Crippen molar-refractivity contribution in [1.82, 2.24) is 9.88 Å². The van der Waals surface area contributed by atoms with Crippen molar-refractivity contribution in [3.63, 3.8) is 0 Å². The van der Waals surface area contributed by atoms with Crippen molar-refractivity contribution in [2.24, 2.45) is 0 Å². The minimum absolute atomic E-state index is 0.187. The normalized spacial score (nSPS) is 10.6. The van der Waals surface area contributed by atoms with Gasteiger partial charge in [-0.15, -0.1) is 0 Å². The van der Waals surface area contributed by atoms with E-state index in [1.807, 2.05) is 25.4 Å². The molecule has 0 aliphatic carbocycles. The van der Waals surface area contributed by atoms with Crippen molar-refractivity contribution in [2.45, 2.75) is 6.54 Å². The van der Waals surface area contributed by atoms with Crippen molar-refractivity contribution < 1.29 is 14.6 Å². The number of hydrogen-bond acceptors (Lipinski definition) is 4. The number of carbonyl (C=O) groups is 1. The average molecular weight is 286 g/mol. The van der Waals surface area contributed by atoms with Gasteiger partial charge in [0, 0.05) is 25.5 Å². The van der Waals surface area contributed by atoms with Crippen LogP contribution in [0.1, 0.15) is 15.9 Å². The smallest absolute Gasteiger partial charge is 0.339 e. The zero-order valence-corrected chi connectivity index (χ0v) is 11.9. The van der Waals surface area contributed by atoms with Crippen molar-refractivity contribution in [3.05, 3.63) is 59.9 Å². The highest BCUT2D eigenvalue weighted by atomic mass is 16.5. The van der Waals surface area contributed by atoms with Crippen molar-refractivity contribution >= 4 is 5.97 Å². The van der Waals surface area contributed by atoms with Gasteiger partial charge in [-0.25, -0.2) is 4.79 Å². The summed E-state index contributed by atoms with van der Waals surface area (Å²) in [6, 6.07) is 10.6. The fourth-order valence-electron chi connectivity index (χ4n) is 1.96. The Labute approximate surface area is 123 Å². The van der Waals surface area contributed by atoms with Crippen LogP contribution in [0.4, 0.5) is 0 Å². The number of ether oxygens (including phenoxy) is 1. The number of benzene rings is 1. The third-order valence-corrected chi connectivity index (χ3v) is 3.02. The summed E-state index contributed by atoms with van der Waals surface area (Å²) in [7, 11) is 1.99. The molecular formula is C16H18N2O3. The first kappa shape index (κ1) is 15.0. The Morgan fingerprint density at radius 1 is 1.29 bits per heavy atom. The second kappa shape index (κ2) is 7.40. The van der Waals surface area contributed by atoms with E-state index in [1.54, 1.807) is 24.4 Å². The Bertz CT molecular complexity index is 587. The fraction of sp³-hybridized carbons (Fsp3) is 0.250. The first-order valence-corrected chi connectivity index (χ1v) is 6.69. The molecule has 0 amide bonds. The maximum Gasteiger partial charge on any atom is 0.339 e. The molecule has 1 N–H and O–H groups in total. The summed E-state index contributed by atoms with van der Waals surface area (Å²) in [5.41, 5.74) is 1.32. The van der Waals surface area contributed by atoms with Gasteiger partial charge in [0.05, 0.1) is 0 Å². The topological polar surface area (TPSA) is 62.7 Å². The molecule has 2 rings (SSSR count). The number of carboxylic acids is 1. The molecule has 2 aromatic rings. The molecular weight excluding hydrogens is 268 g/mol. The van der Waals surface area contributed by atoms with Gasteiger partial charge < -0.3 is 9.84 Å². The standard InChI is InChI=1S/C16H18N2O3/c1-18(12-13-5-4-8-17-11-13)9-10-21-15-7-3-2-6-14(15)16(19)20/h2-8,11H,9-10,12H2,1H3,(H,19,20). The molecule has 5 nitrogen and oxygen atoms in total. The van der Waals surface area contributed by atoms with E-state index in [9.17, 15) is 4.79 Å². The zero-order valence-electron chi connectivity index (χ0n) is 11.9. The molecule has 0 unspecified atom stereocenters. The summed E-state index contributed by atoms with van der Waals surface area (Å²) in [6.45, 7) is 1.90. The van der Waals surface area contributed by atoms with Crippen LogP contribution in [0.3, 0.4) is 0 Å². The molecule has 0 aliphatic rings. The van der Waals surface area contributed by atoms with Crippen LogP contribution in [0.2, 0.25) is 0 Å². The van der Waals surface area contributed by atoms with E-state index in [0.717, 1.165) is 12.1 Å². The number of likely N-dealkylation sites (N-methyl/N-ethyl adjacent to an activating group) is 1. The average Bonchev–Trinajstić information content (AvgIpc) is 2.48. The predicted molar refractivity (Wildman–Crippen MR) is 79.5 cm³/mol. The highest BCUT2D eigenvalue weighted by molar-refractivity contribution is 5.90. The van der Waals surface area contributed by atoms with Crippen LogP contribution in [-0.4, -0.2) is 41.2 Å².